The van der Waals surface area contributed by atoms with E-state index in [1.165, 1.54) is 26.4 Å². The third-order valence-corrected chi connectivity index (χ3v) is 3.94. The van der Waals surface area contributed by atoms with Crippen molar-refractivity contribution in [3.63, 3.8) is 0 Å². The molecule has 0 spiro atoms. The van der Waals surface area contributed by atoms with Gasteiger partial charge < -0.3 is 28.8 Å². The molecular formula is C16H21NO9. The first kappa shape index (κ1) is 19.7. The predicted molar refractivity (Wildman–Crippen MR) is 87.3 cm³/mol. The number of hydrogen-bond donors (Lipinski definition) is 1. The molecule has 1 aliphatic rings. The Morgan fingerprint density at radius 3 is 2.58 bits per heavy atom. The lowest BCUT2D eigenvalue weighted by Crippen LogP contribution is -2.30. The number of carbonyl (C=O) groups excluding carboxylic acids is 1. The Bertz CT molecular complexity index is 663. The number of carbonyl (C=O) groups is 1. The van der Waals surface area contributed by atoms with Crippen LogP contribution in [0, 0.1) is 10.1 Å². The van der Waals surface area contributed by atoms with E-state index in [2.05, 4.69) is 0 Å². The second kappa shape index (κ2) is 8.68. The molecule has 0 saturated carbocycles. The smallest absolute Gasteiger partial charge is 0.493 e. The lowest BCUT2D eigenvalue weighted by Gasteiger charge is -2.16. The van der Waals surface area contributed by atoms with E-state index in [1.807, 2.05) is 0 Å². The summed E-state index contributed by atoms with van der Waals surface area (Å²) < 4.78 is 25.6. The van der Waals surface area contributed by atoms with E-state index in [0.29, 0.717) is 6.42 Å². The summed E-state index contributed by atoms with van der Waals surface area (Å²) in [5.41, 5.74) is -0.152. The highest BCUT2D eigenvalue weighted by Gasteiger charge is 2.36. The average molecular weight is 371 g/mol. The molecule has 1 fully saturated rings. The molecule has 1 heterocycles. The monoisotopic (exact) mass is 371 g/mol. The molecule has 1 aromatic carbocycles. The minimum Gasteiger partial charge on any atom is -0.493 e. The summed E-state index contributed by atoms with van der Waals surface area (Å²) in [5.74, 6) is 0.455. The van der Waals surface area contributed by atoms with Gasteiger partial charge in [0.25, 0.3) is 5.69 Å². The molecule has 3 atom stereocenters. The first-order valence-corrected chi connectivity index (χ1v) is 7.88. The van der Waals surface area contributed by atoms with Crippen LogP contribution in [0.25, 0.3) is 0 Å². The Morgan fingerprint density at radius 2 is 2.00 bits per heavy atom. The van der Waals surface area contributed by atoms with Gasteiger partial charge in [0.15, 0.2) is 11.5 Å². The van der Waals surface area contributed by atoms with Crippen molar-refractivity contribution in [1.82, 2.24) is 0 Å². The third kappa shape index (κ3) is 4.52. The van der Waals surface area contributed by atoms with Gasteiger partial charge in [-0.05, 0) is 13.0 Å². The van der Waals surface area contributed by atoms with Crippen molar-refractivity contribution in [2.75, 3.05) is 20.8 Å². The fourth-order valence-electron chi connectivity index (χ4n) is 2.70. The lowest BCUT2D eigenvalue weighted by atomic mass is 10.1. The van der Waals surface area contributed by atoms with Crippen LogP contribution in [0.3, 0.4) is 0 Å². The van der Waals surface area contributed by atoms with Crippen LogP contribution in [0.1, 0.15) is 18.9 Å². The van der Waals surface area contributed by atoms with Crippen LogP contribution in [0.5, 0.6) is 11.5 Å². The van der Waals surface area contributed by atoms with Crippen molar-refractivity contribution in [3.05, 3.63) is 27.8 Å². The molecule has 1 saturated heterocycles. The number of nitro benzene ring substituents is 1. The van der Waals surface area contributed by atoms with Crippen LogP contribution in [0.15, 0.2) is 12.1 Å². The van der Waals surface area contributed by atoms with Crippen LogP contribution < -0.4 is 9.47 Å². The van der Waals surface area contributed by atoms with Gasteiger partial charge in [0, 0.05) is 6.42 Å². The maximum atomic E-state index is 11.9. The number of nitro groups is 1. The molecule has 10 nitrogen and oxygen atoms in total. The zero-order chi connectivity index (χ0) is 19.3. The quantitative estimate of drug-likeness (QED) is 0.433. The van der Waals surface area contributed by atoms with Crippen LogP contribution in [0.2, 0.25) is 0 Å². The summed E-state index contributed by atoms with van der Waals surface area (Å²) in [6.07, 6.45) is -1.99. The number of rotatable bonds is 7. The Morgan fingerprint density at radius 1 is 1.35 bits per heavy atom. The normalized spacial score (nSPS) is 21.9. The molecule has 1 aliphatic heterocycles. The Balaban J connectivity index is 2.06. The van der Waals surface area contributed by atoms with Crippen molar-refractivity contribution in [3.8, 4) is 11.5 Å². The van der Waals surface area contributed by atoms with Crippen molar-refractivity contribution < 1.29 is 38.5 Å². The summed E-state index contributed by atoms with van der Waals surface area (Å²) >= 11 is 0. The predicted octanol–water partition coefficient (Wildman–Crippen LogP) is 1.80. The van der Waals surface area contributed by atoms with E-state index in [9.17, 15) is 20.0 Å². The second-order valence-electron chi connectivity index (χ2n) is 5.69. The zero-order valence-corrected chi connectivity index (χ0v) is 14.7. The number of ether oxygens (including phenoxy) is 5. The van der Waals surface area contributed by atoms with Crippen molar-refractivity contribution in [2.45, 2.75) is 38.3 Å². The molecule has 26 heavy (non-hydrogen) atoms. The zero-order valence-electron chi connectivity index (χ0n) is 14.7. The number of nitrogens with zero attached hydrogens (tertiary/aromatic N) is 1. The van der Waals surface area contributed by atoms with Gasteiger partial charge in [0.1, 0.15) is 18.8 Å². The first-order chi connectivity index (χ1) is 12.4. The molecule has 0 aromatic heterocycles. The fraction of sp³-hybridized carbons (Fsp3) is 0.562. The Hall–Kier alpha value is -2.59. The molecule has 0 aliphatic carbocycles. The molecular weight excluding hydrogens is 350 g/mol. The van der Waals surface area contributed by atoms with Gasteiger partial charge in [0.05, 0.1) is 43.5 Å². The molecule has 0 radical (unpaired) electrons. The highest BCUT2D eigenvalue weighted by molar-refractivity contribution is 5.61. The molecule has 0 bridgehead atoms. The summed E-state index contributed by atoms with van der Waals surface area (Å²) in [6.45, 7) is 1.12. The van der Waals surface area contributed by atoms with Crippen LogP contribution >= 0.6 is 0 Å². The number of benzene rings is 1. The Kier molecular flexibility index (Phi) is 6.58. The highest BCUT2D eigenvalue weighted by atomic mass is 16.7. The van der Waals surface area contributed by atoms with Gasteiger partial charge >= 0.3 is 6.16 Å². The number of methoxy groups -OCH3 is 2. The number of hydrogen-bond acceptors (Lipinski definition) is 9. The van der Waals surface area contributed by atoms with Crippen molar-refractivity contribution in [2.24, 2.45) is 0 Å². The Labute approximate surface area is 149 Å². The number of aliphatic hydroxyl groups is 1. The minimum absolute atomic E-state index is 0.124. The largest absolute Gasteiger partial charge is 0.508 e. The van der Waals surface area contributed by atoms with Gasteiger partial charge in [-0.15, -0.1) is 0 Å². The minimum atomic E-state index is -1.00. The summed E-state index contributed by atoms with van der Waals surface area (Å²) in [5, 5.41) is 20.4. The van der Waals surface area contributed by atoms with Gasteiger partial charge in [-0.3, -0.25) is 10.1 Å². The van der Waals surface area contributed by atoms with Gasteiger partial charge in [-0.25, -0.2) is 4.79 Å². The van der Waals surface area contributed by atoms with E-state index in [0.717, 1.165) is 0 Å². The van der Waals surface area contributed by atoms with Crippen LogP contribution in [0.4, 0.5) is 10.5 Å². The van der Waals surface area contributed by atoms with Crippen molar-refractivity contribution in [1.29, 1.82) is 0 Å². The van der Waals surface area contributed by atoms with Crippen LogP contribution in [-0.4, -0.2) is 55.3 Å². The highest BCUT2D eigenvalue weighted by Crippen LogP contribution is 2.35. The van der Waals surface area contributed by atoms with Crippen molar-refractivity contribution >= 4 is 11.8 Å². The molecule has 144 valence electrons. The van der Waals surface area contributed by atoms with Gasteiger partial charge in [-0.2, -0.15) is 0 Å². The average Bonchev–Trinajstić information content (AvgIpc) is 2.98. The first-order valence-electron chi connectivity index (χ1n) is 7.88. The topological polar surface area (TPSA) is 127 Å². The van der Waals surface area contributed by atoms with E-state index in [-0.39, 0.29) is 42.1 Å². The summed E-state index contributed by atoms with van der Waals surface area (Å²) in [4.78, 5) is 22.5. The maximum absolute atomic E-state index is 11.9. The molecule has 0 amide bonds. The lowest BCUT2D eigenvalue weighted by molar-refractivity contribution is -0.385. The van der Waals surface area contributed by atoms with E-state index < -0.39 is 23.3 Å². The fourth-order valence-corrected chi connectivity index (χ4v) is 2.70. The number of aliphatic hydroxyl groups excluding tert-OH is 1. The molecule has 2 rings (SSSR count). The van der Waals surface area contributed by atoms with E-state index >= 15 is 0 Å². The van der Waals surface area contributed by atoms with Gasteiger partial charge in [0.2, 0.25) is 0 Å². The molecule has 1 aromatic rings. The SMILES string of the molecule is COc1cc(COC(=O)O[C@@H]2C[C@@H](C)O[C@H]2CO)c([N+](=O)[O-])cc1OC. The standard InChI is InChI=1S/C16H21NO9/c1-9-4-14(15(7-18)25-9)26-16(19)24-8-10-5-12(22-2)13(23-3)6-11(10)17(20)21/h5-6,9,14-15,18H,4,7-8H2,1-3H3/t9-,14-,15+/m1/s1. The summed E-state index contributed by atoms with van der Waals surface area (Å²) in [7, 11) is 2.75. The van der Waals surface area contributed by atoms with E-state index in [1.54, 1.807) is 6.92 Å². The van der Waals surface area contributed by atoms with Crippen LogP contribution in [-0.2, 0) is 20.8 Å². The molecule has 10 heteroatoms. The second-order valence-corrected chi connectivity index (χ2v) is 5.69. The molecule has 0 unspecified atom stereocenters. The van der Waals surface area contributed by atoms with Gasteiger partial charge in [-0.1, -0.05) is 0 Å². The van der Waals surface area contributed by atoms with E-state index in [4.69, 9.17) is 23.7 Å². The molecule has 1 N–H and O–H groups in total. The third-order valence-electron chi connectivity index (χ3n) is 3.94. The summed E-state index contributed by atoms with van der Waals surface area (Å²) in [6, 6.07) is 2.55. The maximum Gasteiger partial charge on any atom is 0.508 e.